The standard InChI is InChI=1S/C20H28N4O3/c1-2-3-8-15(13-23(27)14-25)20(26)24-12-7-6-11-18(24)19-21-16-9-4-5-10-17(16)22-19/h4-5,9-10,14-15,18,27H,2-3,6-8,11-13H2,1H3,(H,21,22). The highest BCUT2D eigenvalue weighted by atomic mass is 16.5. The van der Waals surface area contributed by atoms with Crippen LogP contribution in [0.4, 0.5) is 0 Å². The lowest BCUT2D eigenvalue weighted by Crippen LogP contribution is -2.45. The van der Waals surface area contributed by atoms with Crippen LogP contribution in [0, 0.1) is 5.92 Å². The number of piperidine rings is 1. The third-order valence-electron chi connectivity index (χ3n) is 5.29. The quantitative estimate of drug-likeness (QED) is 0.423. The summed E-state index contributed by atoms with van der Waals surface area (Å²) in [5.74, 6) is 0.411. The van der Waals surface area contributed by atoms with Crippen LogP contribution in [0.15, 0.2) is 24.3 Å². The van der Waals surface area contributed by atoms with Gasteiger partial charge in [-0.05, 0) is 37.8 Å². The summed E-state index contributed by atoms with van der Waals surface area (Å²) < 4.78 is 0. The first kappa shape index (κ1) is 19.4. The second-order valence-electron chi connectivity index (χ2n) is 7.25. The van der Waals surface area contributed by atoms with Crippen molar-refractivity contribution < 1.29 is 14.8 Å². The Bertz CT molecular complexity index is 742. The van der Waals surface area contributed by atoms with E-state index in [1.165, 1.54) is 0 Å². The molecule has 1 saturated heterocycles. The maximum atomic E-state index is 13.3. The van der Waals surface area contributed by atoms with Crippen LogP contribution in [-0.4, -0.2) is 50.5 Å². The topological polar surface area (TPSA) is 89.5 Å². The van der Waals surface area contributed by atoms with E-state index in [1.807, 2.05) is 29.2 Å². The Morgan fingerprint density at radius 2 is 2.26 bits per heavy atom. The number of para-hydroxylation sites is 2. The number of aromatic amines is 1. The molecule has 2 N–H and O–H groups in total. The van der Waals surface area contributed by atoms with E-state index in [-0.39, 0.29) is 18.5 Å². The predicted molar refractivity (Wildman–Crippen MR) is 102 cm³/mol. The number of H-pyrrole nitrogens is 1. The van der Waals surface area contributed by atoms with Gasteiger partial charge in [-0.2, -0.15) is 0 Å². The molecule has 0 saturated carbocycles. The monoisotopic (exact) mass is 372 g/mol. The van der Waals surface area contributed by atoms with Crippen molar-refractivity contribution in [3.8, 4) is 0 Å². The normalized spacial score (nSPS) is 18.4. The smallest absolute Gasteiger partial charge is 0.233 e. The minimum absolute atomic E-state index is 0.00509. The zero-order valence-electron chi connectivity index (χ0n) is 15.8. The van der Waals surface area contributed by atoms with Gasteiger partial charge in [0.2, 0.25) is 12.3 Å². The summed E-state index contributed by atoms with van der Waals surface area (Å²) >= 11 is 0. The first-order valence-corrected chi connectivity index (χ1v) is 9.80. The first-order valence-electron chi connectivity index (χ1n) is 9.80. The molecule has 3 rings (SSSR count). The zero-order valence-corrected chi connectivity index (χ0v) is 15.8. The molecular formula is C20H28N4O3. The van der Waals surface area contributed by atoms with E-state index >= 15 is 0 Å². The van der Waals surface area contributed by atoms with E-state index < -0.39 is 5.92 Å². The number of hydrogen-bond acceptors (Lipinski definition) is 4. The highest BCUT2D eigenvalue weighted by molar-refractivity contribution is 5.80. The van der Waals surface area contributed by atoms with Crippen molar-refractivity contribution in [2.75, 3.05) is 13.1 Å². The van der Waals surface area contributed by atoms with Gasteiger partial charge in [-0.1, -0.05) is 31.9 Å². The molecule has 7 nitrogen and oxygen atoms in total. The Labute approximate surface area is 159 Å². The van der Waals surface area contributed by atoms with E-state index in [0.717, 1.165) is 49.0 Å². The lowest BCUT2D eigenvalue weighted by Gasteiger charge is -2.37. The van der Waals surface area contributed by atoms with E-state index in [4.69, 9.17) is 4.98 Å². The van der Waals surface area contributed by atoms with Gasteiger partial charge in [-0.15, -0.1) is 0 Å². The van der Waals surface area contributed by atoms with Gasteiger partial charge in [0.15, 0.2) is 0 Å². The van der Waals surface area contributed by atoms with Crippen LogP contribution in [0.5, 0.6) is 0 Å². The number of carbonyl (C=O) groups excluding carboxylic acids is 2. The number of nitrogens with zero attached hydrogens (tertiary/aromatic N) is 3. The molecule has 2 heterocycles. The van der Waals surface area contributed by atoms with Crippen LogP contribution in [0.3, 0.4) is 0 Å². The molecule has 1 aromatic heterocycles. The minimum atomic E-state index is -0.398. The molecule has 1 aliphatic heterocycles. The number of hydroxylamine groups is 2. The number of unbranched alkanes of at least 4 members (excludes halogenated alkanes) is 1. The largest absolute Gasteiger partial charge is 0.340 e. The van der Waals surface area contributed by atoms with Crippen molar-refractivity contribution in [2.24, 2.45) is 5.92 Å². The van der Waals surface area contributed by atoms with E-state index in [1.54, 1.807) is 0 Å². The van der Waals surface area contributed by atoms with Crippen molar-refractivity contribution in [1.29, 1.82) is 0 Å². The molecule has 146 valence electrons. The van der Waals surface area contributed by atoms with Crippen molar-refractivity contribution in [3.63, 3.8) is 0 Å². The summed E-state index contributed by atoms with van der Waals surface area (Å²) in [6, 6.07) is 7.77. The summed E-state index contributed by atoms with van der Waals surface area (Å²) in [5, 5.41) is 10.2. The molecule has 0 aliphatic carbocycles. The Morgan fingerprint density at radius 1 is 1.44 bits per heavy atom. The fourth-order valence-corrected chi connectivity index (χ4v) is 3.86. The number of rotatable bonds is 8. The van der Waals surface area contributed by atoms with Gasteiger partial charge < -0.3 is 9.88 Å². The Hall–Kier alpha value is -2.41. The zero-order chi connectivity index (χ0) is 19.2. The highest BCUT2D eigenvalue weighted by Crippen LogP contribution is 2.32. The minimum Gasteiger partial charge on any atom is -0.340 e. The summed E-state index contributed by atoms with van der Waals surface area (Å²) in [6.07, 6.45) is 5.73. The number of hydrogen-bond donors (Lipinski definition) is 2. The van der Waals surface area contributed by atoms with Crippen molar-refractivity contribution in [1.82, 2.24) is 19.9 Å². The van der Waals surface area contributed by atoms with Gasteiger partial charge in [-0.3, -0.25) is 14.8 Å². The van der Waals surface area contributed by atoms with Gasteiger partial charge >= 0.3 is 0 Å². The Morgan fingerprint density at radius 3 is 3.00 bits per heavy atom. The molecule has 2 amide bonds. The molecular weight excluding hydrogens is 344 g/mol. The molecule has 0 bridgehead atoms. The number of amides is 2. The molecule has 1 fully saturated rings. The first-order chi connectivity index (χ1) is 13.1. The molecule has 0 spiro atoms. The summed E-state index contributed by atoms with van der Waals surface area (Å²) in [4.78, 5) is 34.1. The van der Waals surface area contributed by atoms with Crippen molar-refractivity contribution in [3.05, 3.63) is 30.1 Å². The predicted octanol–water partition coefficient (Wildman–Crippen LogP) is 3.27. The number of benzene rings is 1. The molecule has 7 heteroatoms. The lowest BCUT2D eigenvalue weighted by molar-refractivity contribution is -0.158. The Kier molecular flexibility index (Phi) is 6.45. The fraction of sp³-hybridized carbons (Fsp3) is 0.550. The van der Waals surface area contributed by atoms with Crippen LogP contribution in [0.1, 0.15) is 57.3 Å². The second kappa shape index (κ2) is 8.99. The van der Waals surface area contributed by atoms with Crippen LogP contribution in [-0.2, 0) is 9.59 Å². The van der Waals surface area contributed by atoms with E-state index in [2.05, 4.69) is 11.9 Å². The van der Waals surface area contributed by atoms with Gasteiger partial charge in [0.25, 0.3) is 0 Å². The van der Waals surface area contributed by atoms with Gasteiger partial charge in [0, 0.05) is 6.54 Å². The van der Waals surface area contributed by atoms with Gasteiger partial charge in [-0.25, -0.2) is 10.0 Å². The Balaban J connectivity index is 1.83. The summed E-state index contributed by atoms with van der Waals surface area (Å²) in [7, 11) is 0. The highest BCUT2D eigenvalue weighted by Gasteiger charge is 2.34. The number of aromatic nitrogens is 2. The number of imidazole rings is 1. The molecule has 27 heavy (non-hydrogen) atoms. The molecule has 2 atom stereocenters. The number of likely N-dealkylation sites (tertiary alicyclic amines) is 1. The maximum absolute atomic E-state index is 13.3. The van der Waals surface area contributed by atoms with E-state index in [0.29, 0.717) is 24.4 Å². The van der Waals surface area contributed by atoms with Gasteiger partial charge in [0.1, 0.15) is 5.82 Å². The summed E-state index contributed by atoms with van der Waals surface area (Å²) in [5.41, 5.74) is 1.87. The molecule has 2 unspecified atom stereocenters. The molecule has 1 aromatic carbocycles. The summed E-state index contributed by atoms with van der Waals surface area (Å²) in [6.45, 7) is 2.78. The SMILES string of the molecule is CCCCC(CN(O)C=O)C(=O)N1CCCCC1c1nc2ccccc2[nH]1. The van der Waals surface area contributed by atoms with E-state index in [9.17, 15) is 14.8 Å². The average Bonchev–Trinajstić information content (AvgIpc) is 3.14. The van der Waals surface area contributed by atoms with Crippen molar-refractivity contribution in [2.45, 2.75) is 51.5 Å². The molecule has 2 aromatic rings. The number of nitrogens with one attached hydrogen (secondary N) is 1. The van der Waals surface area contributed by atoms with Crippen molar-refractivity contribution >= 4 is 23.4 Å². The van der Waals surface area contributed by atoms with Crippen LogP contribution >= 0.6 is 0 Å². The fourth-order valence-electron chi connectivity index (χ4n) is 3.86. The van der Waals surface area contributed by atoms with Crippen LogP contribution < -0.4 is 0 Å². The second-order valence-corrected chi connectivity index (χ2v) is 7.25. The maximum Gasteiger partial charge on any atom is 0.233 e. The van der Waals surface area contributed by atoms with Gasteiger partial charge in [0.05, 0.1) is 29.5 Å². The lowest BCUT2D eigenvalue weighted by atomic mass is 9.95. The third-order valence-corrected chi connectivity index (χ3v) is 5.29. The number of fused-ring (bicyclic) bond motifs is 1. The third kappa shape index (κ3) is 4.47. The number of carbonyl (C=O) groups is 2. The molecule has 1 aliphatic rings. The van der Waals surface area contributed by atoms with Crippen LogP contribution in [0.2, 0.25) is 0 Å². The molecule has 0 radical (unpaired) electrons. The van der Waals surface area contributed by atoms with Crippen LogP contribution in [0.25, 0.3) is 11.0 Å². The average molecular weight is 372 g/mol.